The Bertz CT molecular complexity index is 1580. The van der Waals surface area contributed by atoms with E-state index in [9.17, 15) is 19.6 Å². The number of likely N-dealkylation sites (tertiary alicyclic amines) is 1. The minimum absolute atomic E-state index is 0.0116. The molecule has 2 fully saturated rings. The number of nitrogens with zero attached hydrogens (tertiary/aromatic N) is 4. The van der Waals surface area contributed by atoms with Crippen LogP contribution < -0.4 is 10.2 Å². The van der Waals surface area contributed by atoms with Crippen molar-refractivity contribution < 1.29 is 14.4 Å². The van der Waals surface area contributed by atoms with E-state index in [1.54, 1.807) is 42.3 Å². The van der Waals surface area contributed by atoms with Gasteiger partial charge in [-0.2, -0.15) is 5.26 Å². The number of carbonyl (C=O) groups excluding carboxylic acids is 3. The molecule has 3 aliphatic rings. The number of hydrogen-bond acceptors (Lipinski definition) is 5. The van der Waals surface area contributed by atoms with Gasteiger partial charge in [-0.05, 0) is 72.5 Å². The molecule has 1 N–H and O–H groups in total. The SMILES string of the molecule is CN1C(=O)N(c2cc(Cl)cc(Cl)c2)C(=O)[C@]12CN(C(=O)c1ccc3c(c1)CCCN3)C[C@H]2c1ccc(C#N)cc1. The van der Waals surface area contributed by atoms with Crippen molar-refractivity contribution in [3.8, 4) is 6.07 Å². The van der Waals surface area contributed by atoms with Gasteiger partial charge < -0.3 is 15.1 Å². The summed E-state index contributed by atoms with van der Waals surface area (Å²) in [7, 11) is 1.58. The number of benzene rings is 3. The van der Waals surface area contributed by atoms with Gasteiger partial charge in [-0.1, -0.05) is 35.3 Å². The number of rotatable bonds is 3. The average Bonchev–Trinajstić information content (AvgIpc) is 3.44. The number of urea groups is 1. The number of carbonyl (C=O) groups is 3. The third kappa shape index (κ3) is 4.09. The molecule has 202 valence electrons. The van der Waals surface area contributed by atoms with Crippen LogP contribution in [0.1, 0.15) is 39.4 Å². The van der Waals surface area contributed by atoms with E-state index >= 15 is 0 Å². The maximum Gasteiger partial charge on any atom is 0.332 e. The lowest BCUT2D eigenvalue weighted by Gasteiger charge is -2.33. The zero-order chi connectivity index (χ0) is 28.2. The average molecular weight is 574 g/mol. The number of fused-ring (bicyclic) bond motifs is 1. The molecule has 0 bridgehead atoms. The summed E-state index contributed by atoms with van der Waals surface area (Å²) in [5, 5.41) is 13.2. The molecule has 0 unspecified atom stereocenters. The van der Waals surface area contributed by atoms with E-state index < -0.39 is 23.4 Å². The molecular formula is C30H25Cl2N5O3. The molecule has 3 heterocycles. The fourth-order valence-corrected chi connectivity index (χ4v) is 6.67. The van der Waals surface area contributed by atoms with E-state index in [4.69, 9.17) is 23.2 Å². The molecule has 6 rings (SSSR count). The predicted octanol–water partition coefficient (Wildman–Crippen LogP) is 5.30. The van der Waals surface area contributed by atoms with Crippen molar-refractivity contribution in [1.29, 1.82) is 5.26 Å². The minimum Gasteiger partial charge on any atom is -0.385 e. The second kappa shape index (κ2) is 9.84. The van der Waals surface area contributed by atoms with Gasteiger partial charge in [-0.15, -0.1) is 0 Å². The number of anilines is 2. The van der Waals surface area contributed by atoms with Crippen LogP contribution >= 0.6 is 23.2 Å². The molecule has 1 spiro atoms. The highest BCUT2D eigenvalue weighted by molar-refractivity contribution is 6.36. The zero-order valence-electron chi connectivity index (χ0n) is 21.7. The Morgan fingerprint density at radius 1 is 1.05 bits per heavy atom. The van der Waals surface area contributed by atoms with Gasteiger partial charge in [0.15, 0.2) is 0 Å². The molecule has 3 aromatic carbocycles. The number of aryl methyl sites for hydroxylation is 1. The number of halogens is 2. The van der Waals surface area contributed by atoms with Gasteiger partial charge in [0.25, 0.3) is 11.8 Å². The lowest BCUT2D eigenvalue weighted by atomic mass is 9.80. The monoisotopic (exact) mass is 573 g/mol. The highest BCUT2D eigenvalue weighted by atomic mass is 35.5. The Morgan fingerprint density at radius 3 is 2.48 bits per heavy atom. The topological polar surface area (TPSA) is 96.8 Å². The maximum absolute atomic E-state index is 14.4. The van der Waals surface area contributed by atoms with Crippen LogP contribution in [0.15, 0.2) is 60.7 Å². The second-order valence-electron chi connectivity index (χ2n) is 10.4. The van der Waals surface area contributed by atoms with Crippen LogP contribution in [0.4, 0.5) is 16.2 Å². The van der Waals surface area contributed by atoms with E-state index in [1.165, 1.54) is 23.1 Å². The Labute approximate surface area is 241 Å². The molecule has 3 aromatic rings. The number of nitriles is 1. The molecule has 0 aromatic heterocycles. The van der Waals surface area contributed by atoms with E-state index in [0.29, 0.717) is 21.2 Å². The van der Waals surface area contributed by atoms with E-state index in [-0.39, 0.29) is 24.7 Å². The van der Waals surface area contributed by atoms with Gasteiger partial charge in [0.2, 0.25) is 0 Å². The summed E-state index contributed by atoms with van der Waals surface area (Å²) in [4.78, 5) is 46.1. The van der Waals surface area contributed by atoms with Crippen molar-refractivity contribution in [1.82, 2.24) is 9.80 Å². The van der Waals surface area contributed by atoms with Crippen LogP contribution in [0, 0.1) is 11.3 Å². The van der Waals surface area contributed by atoms with Crippen molar-refractivity contribution in [2.45, 2.75) is 24.3 Å². The third-order valence-corrected chi connectivity index (χ3v) is 8.62. The Kier molecular flexibility index (Phi) is 6.44. The summed E-state index contributed by atoms with van der Waals surface area (Å²) in [6.07, 6.45) is 1.87. The van der Waals surface area contributed by atoms with E-state index in [1.807, 2.05) is 12.1 Å². The zero-order valence-corrected chi connectivity index (χ0v) is 23.2. The first-order valence-corrected chi connectivity index (χ1v) is 13.7. The molecule has 4 amide bonds. The van der Waals surface area contributed by atoms with Crippen LogP contribution in [0.3, 0.4) is 0 Å². The molecule has 0 radical (unpaired) electrons. The molecule has 10 heteroatoms. The van der Waals surface area contributed by atoms with Crippen LogP contribution in [-0.2, 0) is 11.2 Å². The first-order chi connectivity index (χ1) is 19.2. The van der Waals surface area contributed by atoms with Gasteiger partial charge in [0, 0.05) is 47.4 Å². The first kappa shape index (κ1) is 26.2. The standard InChI is InChI=1S/C30H25Cl2N5O3/c1-35-29(40)37(24-13-22(31)12-23(32)14-24)28(39)30(35)17-36(16-25(30)19-6-4-18(15-33)5-7-19)27(38)21-8-9-26-20(11-21)3-2-10-34-26/h4-9,11-14,25,34H,2-3,10,16-17H2,1H3/t25-,30+/m0/s1. The smallest absolute Gasteiger partial charge is 0.332 e. The van der Waals surface area contributed by atoms with E-state index in [2.05, 4.69) is 11.4 Å². The van der Waals surface area contributed by atoms with Gasteiger partial charge in [0.1, 0.15) is 5.54 Å². The summed E-state index contributed by atoms with van der Waals surface area (Å²) < 4.78 is 0. The minimum atomic E-state index is -1.37. The summed E-state index contributed by atoms with van der Waals surface area (Å²) in [6.45, 7) is 1.13. The fraction of sp³-hybridized carbons (Fsp3) is 0.267. The number of amides is 4. The quantitative estimate of drug-likeness (QED) is 0.429. The summed E-state index contributed by atoms with van der Waals surface area (Å²) in [5.74, 6) is -1.20. The van der Waals surface area contributed by atoms with Gasteiger partial charge in [0.05, 0.1) is 23.9 Å². The molecule has 3 aliphatic heterocycles. The largest absolute Gasteiger partial charge is 0.385 e. The van der Waals surface area contributed by atoms with Crippen molar-refractivity contribution in [3.05, 3.63) is 93.0 Å². The van der Waals surface area contributed by atoms with Gasteiger partial charge in [-0.3, -0.25) is 9.59 Å². The highest BCUT2D eigenvalue weighted by Crippen LogP contribution is 2.47. The van der Waals surface area contributed by atoms with E-state index in [0.717, 1.165) is 41.1 Å². The fourth-order valence-electron chi connectivity index (χ4n) is 6.15. The Hall–Kier alpha value is -4.06. The summed E-state index contributed by atoms with van der Waals surface area (Å²) >= 11 is 12.4. The van der Waals surface area contributed by atoms with Crippen molar-refractivity contribution in [3.63, 3.8) is 0 Å². The molecule has 2 saturated heterocycles. The van der Waals surface area contributed by atoms with Crippen molar-refractivity contribution in [2.75, 3.05) is 36.9 Å². The van der Waals surface area contributed by atoms with Crippen molar-refractivity contribution >= 4 is 52.4 Å². The van der Waals surface area contributed by atoms with Crippen LogP contribution in [0.5, 0.6) is 0 Å². The summed E-state index contributed by atoms with van der Waals surface area (Å²) in [5.41, 5.74) is 2.78. The third-order valence-electron chi connectivity index (χ3n) is 8.19. The van der Waals surface area contributed by atoms with Crippen LogP contribution in [-0.4, -0.2) is 59.9 Å². The lowest BCUT2D eigenvalue weighted by molar-refractivity contribution is -0.124. The molecular weight excluding hydrogens is 549 g/mol. The van der Waals surface area contributed by atoms with Gasteiger partial charge >= 0.3 is 6.03 Å². The van der Waals surface area contributed by atoms with Gasteiger partial charge in [-0.25, -0.2) is 9.69 Å². The molecule has 2 atom stereocenters. The molecule has 8 nitrogen and oxygen atoms in total. The number of imide groups is 1. The van der Waals surface area contributed by atoms with Crippen LogP contribution in [0.25, 0.3) is 0 Å². The normalized spacial score (nSPS) is 21.9. The number of likely N-dealkylation sites (N-methyl/N-ethyl adjacent to an activating group) is 1. The number of hydrogen-bond donors (Lipinski definition) is 1. The molecule has 0 saturated carbocycles. The maximum atomic E-state index is 14.4. The number of nitrogens with one attached hydrogen (secondary N) is 1. The Balaban J connectivity index is 1.42. The second-order valence-corrected chi connectivity index (χ2v) is 11.3. The molecule has 40 heavy (non-hydrogen) atoms. The highest BCUT2D eigenvalue weighted by Gasteiger charge is 2.65. The first-order valence-electron chi connectivity index (χ1n) is 13.0. The Morgan fingerprint density at radius 2 is 1.77 bits per heavy atom. The van der Waals surface area contributed by atoms with Crippen molar-refractivity contribution in [2.24, 2.45) is 0 Å². The molecule has 0 aliphatic carbocycles. The van der Waals surface area contributed by atoms with Crippen LogP contribution in [0.2, 0.25) is 10.0 Å². The summed E-state index contributed by atoms with van der Waals surface area (Å²) in [6, 6.07) is 18.7. The lowest BCUT2D eigenvalue weighted by Crippen LogP contribution is -2.54. The predicted molar refractivity (Wildman–Crippen MR) is 153 cm³/mol.